The smallest absolute Gasteiger partial charge is 0.358 e. The summed E-state index contributed by atoms with van der Waals surface area (Å²) in [5, 5.41) is 8.50. The Morgan fingerprint density at radius 3 is 2.75 bits per heavy atom. The number of nitrogens with one attached hydrogen (secondary N) is 2. The topological polar surface area (TPSA) is 80.3 Å². The first-order chi connectivity index (χ1) is 13.5. The predicted octanol–water partition coefficient (Wildman–Crippen LogP) is 4.00. The fraction of sp³-hybridized carbons (Fsp3) is 0.476. The molecule has 0 saturated heterocycles. The summed E-state index contributed by atoms with van der Waals surface area (Å²) in [5.74, 6) is -0.370. The molecule has 1 amide bonds. The maximum absolute atomic E-state index is 12.4. The van der Waals surface area contributed by atoms with Gasteiger partial charge >= 0.3 is 5.97 Å². The van der Waals surface area contributed by atoms with Crippen molar-refractivity contribution in [2.75, 3.05) is 5.32 Å². The summed E-state index contributed by atoms with van der Waals surface area (Å²) in [6, 6.07) is 10.1. The van der Waals surface area contributed by atoms with Crippen molar-refractivity contribution in [1.82, 2.24) is 10.3 Å². The number of carbonyl (C=O) groups is 2. The van der Waals surface area contributed by atoms with Gasteiger partial charge in [0.1, 0.15) is 0 Å². The SMILES string of the molecule is CC(OC(=O)c1csc(NCc2ccccc2)n1)C(=O)NC1CCCCC1C. The summed E-state index contributed by atoms with van der Waals surface area (Å²) in [4.78, 5) is 29.0. The summed E-state index contributed by atoms with van der Waals surface area (Å²) in [7, 11) is 0. The van der Waals surface area contributed by atoms with Crippen LogP contribution in [-0.4, -0.2) is 29.0 Å². The molecule has 1 aliphatic rings. The van der Waals surface area contributed by atoms with Crippen molar-refractivity contribution in [3.05, 3.63) is 47.0 Å². The lowest BCUT2D eigenvalue weighted by atomic mass is 9.86. The zero-order valence-electron chi connectivity index (χ0n) is 16.3. The normalized spacial score (nSPS) is 20.2. The largest absolute Gasteiger partial charge is 0.448 e. The van der Waals surface area contributed by atoms with Crippen LogP contribution < -0.4 is 10.6 Å². The van der Waals surface area contributed by atoms with E-state index in [1.807, 2.05) is 30.3 Å². The molecular formula is C21H27N3O3S. The van der Waals surface area contributed by atoms with E-state index in [1.54, 1.807) is 12.3 Å². The number of thiazole rings is 1. The average Bonchev–Trinajstić information content (AvgIpc) is 3.18. The highest BCUT2D eigenvalue weighted by Crippen LogP contribution is 2.24. The molecule has 28 heavy (non-hydrogen) atoms. The van der Waals surface area contributed by atoms with Crippen molar-refractivity contribution < 1.29 is 14.3 Å². The van der Waals surface area contributed by atoms with Gasteiger partial charge in [-0.05, 0) is 31.2 Å². The van der Waals surface area contributed by atoms with Crippen LogP contribution in [0.25, 0.3) is 0 Å². The van der Waals surface area contributed by atoms with Crippen LogP contribution in [0.1, 0.15) is 55.6 Å². The second-order valence-corrected chi connectivity index (χ2v) is 8.16. The van der Waals surface area contributed by atoms with E-state index >= 15 is 0 Å². The molecule has 0 spiro atoms. The maximum Gasteiger partial charge on any atom is 0.358 e. The standard InChI is InChI=1S/C21H27N3O3S/c1-14-8-6-7-11-17(14)23-19(25)15(2)27-20(26)18-13-28-21(24-18)22-12-16-9-4-3-5-10-16/h3-5,9-10,13-15,17H,6-8,11-12H2,1-2H3,(H,22,24)(H,23,25). The lowest BCUT2D eigenvalue weighted by Crippen LogP contribution is -2.46. The highest BCUT2D eigenvalue weighted by Gasteiger charge is 2.27. The quantitative estimate of drug-likeness (QED) is 0.686. The van der Waals surface area contributed by atoms with Crippen LogP contribution in [0.3, 0.4) is 0 Å². The van der Waals surface area contributed by atoms with Crippen LogP contribution in [0.4, 0.5) is 5.13 Å². The first-order valence-electron chi connectivity index (χ1n) is 9.77. The third-order valence-corrected chi connectivity index (χ3v) is 5.89. The van der Waals surface area contributed by atoms with Gasteiger partial charge in [0.25, 0.3) is 5.91 Å². The Kier molecular flexibility index (Phi) is 7.03. The number of hydrogen-bond acceptors (Lipinski definition) is 6. The minimum Gasteiger partial charge on any atom is -0.448 e. The molecule has 2 N–H and O–H groups in total. The molecule has 150 valence electrons. The van der Waals surface area contributed by atoms with Gasteiger partial charge in [0.15, 0.2) is 16.9 Å². The molecule has 3 rings (SSSR count). The second-order valence-electron chi connectivity index (χ2n) is 7.30. The van der Waals surface area contributed by atoms with Crippen molar-refractivity contribution in [1.29, 1.82) is 0 Å². The van der Waals surface area contributed by atoms with Gasteiger partial charge in [-0.15, -0.1) is 11.3 Å². The Balaban J connectivity index is 1.48. The van der Waals surface area contributed by atoms with Gasteiger partial charge in [-0.3, -0.25) is 4.79 Å². The van der Waals surface area contributed by atoms with Crippen molar-refractivity contribution in [2.24, 2.45) is 5.92 Å². The van der Waals surface area contributed by atoms with Crippen LogP contribution in [0.5, 0.6) is 0 Å². The Bertz CT molecular complexity index is 793. The van der Waals surface area contributed by atoms with Gasteiger partial charge in [-0.1, -0.05) is 50.1 Å². The molecule has 3 unspecified atom stereocenters. The number of carbonyl (C=O) groups excluding carboxylic acids is 2. The summed E-state index contributed by atoms with van der Waals surface area (Å²) >= 11 is 1.34. The Morgan fingerprint density at radius 1 is 1.25 bits per heavy atom. The number of anilines is 1. The maximum atomic E-state index is 12.4. The molecule has 3 atom stereocenters. The van der Waals surface area contributed by atoms with Crippen LogP contribution in [-0.2, 0) is 16.1 Å². The van der Waals surface area contributed by atoms with E-state index in [0.29, 0.717) is 17.6 Å². The van der Waals surface area contributed by atoms with Crippen molar-refractivity contribution in [3.63, 3.8) is 0 Å². The van der Waals surface area contributed by atoms with E-state index in [2.05, 4.69) is 22.5 Å². The molecule has 0 bridgehead atoms. The number of amides is 1. The number of nitrogens with zero attached hydrogens (tertiary/aromatic N) is 1. The Labute approximate surface area is 169 Å². The van der Waals surface area contributed by atoms with Gasteiger partial charge in [0.05, 0.1) is 0 Å². The number of ether oxygens (including phenoxy) is 1. The second kappa shape index (κ2) is 9.68. The third-order valence-electron chi connectivity index (χ3n) is 5.09. The zero-order chi connectivity index (χ0) is 19.9. The molecule has 2 aromatic rings. The number of aromatic nitrogens is 1. The molecule has 1 aliphatic carbocycles. The molecule has 6 nitrogen and oxygen atoms in total. The van der Waals surface area contributed by atoms with Gasteiger partial charge in [-0.25, -0.2) is 9.78 Å². The van der Waals surface area contributed by atoms with Crippen LogP contribution in [0.2, 0.25) is 0 Å². The fourth-order valence-corrected chi connectivity index (χ4v) is 4.01. The van der Waals surface area contributed by atoms with Crippen LogP contribution in [0, 0.1) is 5.92 Å². The molecule has 0 aliphatic heterocycles. The Morgan fingerprint density at radius 2 is 2.00 bits per heavy atom. The third kappa shape index (κ3) is 5.55. The number of rotatable bonds is 7. The molecule has 7 heteroatoms. The average molecular weight is 402 g/mol. The van der Waals surface area contributed by atoms with Crippen LogP contribution in [0.15, 0.2) is 35.7 Å². The van der Waals surface area contributed by atoms with Gasteiger partial charge in [-0.2, -0.15) is 0 Å². The molecular weight excluding hydrogens is 374 g/mol. The minimum atomic E-state index is -0.843. The zero-order valence-corrected chi connectivity index (χ0v) is 17.1. The summed E-state index contributed by atoms with van der Waals surface area (Å²) in [6.45, 7) is 4.38. The first-order valence-corrected chi connectivity index (χ1v) is 10.7. The predicted molar refractivity (Wildman–Crippen MR) is 110 cm³/mol. The minimum absolute atomic E-state index is 0.162. The van der Waals surface area contributed by atoms with Gasteiger partial charge in [0.2, 0.25) is 0 Å². The van der Waals surface area contributed by atoms with Gasteiger partial charge < -0.3 is 15.4 Å². The molecule has 1 aromatic carbocycles. The van der Waals surface area contributed by atoms with E-state index in [9.17, 15) is 9.59 Å². The monoisotopic (exact) mass is 401 g/mol. The van der Waals surface area contributed by atoms with E-state index in [-0.39, 0.29) is 17.6 Å². The summed E-state index contributed by atoms with van der Waals surface area (Å²) in [6.07, 6.45) is 3.60. The van der Waals surface area contributed by atoms with Crippen LogP contribution >= 0.6 is 11.3 Å². The molecule has 1 heterocycles. The summed E-state index contributed by atoms with van der Waals surface area (Å²) in [5.41, 5.74) is 1.34. The van der Waals surface area contributed by atoms with Gasteiger partial charge in [0, 0.05) is 18.0 Å². The van der Waals surface area contributed by atoms with Crippen molar-refractivity contribution >= 4 is 28.3 Å². The summed E-state index contributed by atoms with van der Waals surface area (Å²) < 4.78 is 5.32. The van der Waals surface area contributed by atoms with Crippen molar-refractivity contribution in [2.45, 2.75) is 58.2 Å². The molecule has 1 fully saturated rings. The lowest BCUT2D eigenvalue weighted by molar-refractivity contribution is -0.130. The van der Waals surface area contributed by atoms with E-state index < -0.39 is 12.1 Å². The van der Waals surface area contributed by atoms with E-state index in [1.165, 1.54) is 17.8 Å². The van der Waals surface area contributed by atoms with E-state index in [0.717, 1.165) is 24.8 Å². The molecule has 1 saturated carbocycles. The Hall–Kier alpha value is -2.41. The fourth-order valence-electron chi connectivity index (χ4n) is 3.33. The number of benzene rings is 1. The molecule has 0 radical (unpaired) electrons. The highest BCUT2D eigenvalue weighted by molar-refractivity contribution is 7.13. The first kappa shape index (κ1) is 20.3. The number of hydrogen-bond donors (Lipinski definition) is 2. The highest BCUT2D eigenvalue weighted by atomic mass is 32.1. The number of esters is 1. The lowest BCUT2D eigenvalue weighted by Gasteiger charge is -2.30. The van der Waals surface area contributed by atoms with Crippen molar-refractivity contribution in [3.8, 4) is 0 Å². The van der Waals surface area contributed by atoms with E-state index in [4.69, 9.17) is 4.74 Å². The molecule has 1 aromatic heterocycles.